The van der Waals surface area contributed by atoms with Crippen LogP contribution in [-0.2, 0) is 6.54 Å². The third-order valence-electron chi connectivity index (χ3n) is 4.31. The summed E-state index contributed by atoms with van der Waals surface area (Å²) in [6.45, 7) is 4.56. The smallest absolute Gasteiger partial charge is 0.123 e. The van der Waals surface area contributed by atoms with E-state index in [1.54, 1.807) is 7.11 Å². The van der Waals surface area contributed by atoms with Gasteiger partial charge in [0.05, 0.1) is 7.11 Å². The molecular weight excluding hydrogens is 304 g/mol. The number of likely N-dealkylation sites (tertiary alicyclic amines) is 1. The summed E-state index contributed by atoms with van der Waals surface area (Å²) in [4.78, 5) is 2.55. The lowest BCUT2D eigenvalue weighted by Gasteiger charge is -2.24. The number of halogens is 1. The Bertz CT molecular complexity index is 438. The Hall–Kier alpha value is -0.580. The minimum atomic E-state index is 0.701. The molecule has 4 heteroatoms. The van der Waals surface area contributed by atoms with Crippen LogP contribution in [0.2, 0.25) is 0 Å². The standard InChI is InChI=1S/C15H21BrN2O/c1-19-15-5-4-13(16)7-12(15)9-18-8-11-3-2-6-17-14(11)10-18/h4-5,7,11,14,17H,2-3,6,8-10H2,1H3/t11-,14+/m0/s1. The van der Waals surface area contributed by atoms with Crippen molar-refractivity contribution in [2.24, 2.45) is 5.92 Å². The highest BCUT2D eigenvalue weighted by Crippen LogP contribution is 2.29. The Morgan fingerprint density at radius 2 is 2.32 bits per heavy atom. The molecule has 2 aliphatic heterocycles. The third kappa shape index (κ3) is 2.96. The predicted octanol–water partition coefficient (Wildman–Crippen LogP) is 2.64. The summed E-state index contributed by atoms with van der Waals surface area (Å²) in [6, 6.07) is 6.95. The first-order valence-electron chi connectivity index (χ1n) is 7.04. The van der Waals surface area contributed by atoms with Crippen molar-refractivity contribution in [1.29, 1.82) is 0 Å². The van der Waals surface area contributed by atoms with Crippen molar-refractivity contribution in [1.82, 2.24) is 10.2 Å². The molecule has 0 radical (unpaired) electrons. The van der Waals surface area contributed by atoms with Crippen LogP contribution in [0.15, 0.2) is 22.7 Å². The zero-order valence-corrected chi connectivity index (χ0v) is 12.9. The molecule has 0 bridgehead atoms. The molecule has 0 aromatic heterocycles. The molecule has 1 aromatic rings. The van der Waals surface area contributed by atoms with E-state index in [1.807, 2.05) is 12.1 Å². The molecule has 2 fully saturated rings. The van der Waals surface area contributed by atoms with Gasteiger partial charge in [0.1, 0.15) is 5.75 Å². The summed E-state index contributed by atoms with van der Waals surface area (Å²) in [7, 11) is 1.75. The largest absolute Gasteiger partial charge is 0.496 e. The Balaban J connectivity index is 1.70. The van der Waals surface area contributed by atoms with Crippen LogP contribution < -0.4 is 10.1 Å². The Kier molecular flexibility index (Phi) is 4.10. The van der Waals surface area contributed by atoms with Crippen LogP contribution in [0, 0.1) is 5.92 Å². The molecule has 2 aliphatic rings. The normalized spacial score (nSPS) is 27.3. The van der Waals surface area contributed by atoms with E-state index >= 15 is 0 Å². The minimum Gasteiger partial charge on any atom is -0.496 e. The number of nitrogens with one attached hydrogen (secondary N) is 1. The number of hydrogen-bond acceptors (Lipinski definition) is 3. The van der Waals surface area contributed by atoms with E-state index in [0.29, 0.717) is 6.04 Å². The summed E-state index contributed by atoms with van der Waals surface area (Å²) in [5.41, 5.74) is 1.27. The fraction of sp³-hybridized carbons (Fsp3) is 0.600. The van der Waals surface area contributed by atoms with Crippen LogP contribution in [0.25, 0.3) is 0 Å². The lowest BCUT2D eigenvalue weighted by molar-refractivity contribution is 0.305. The Morgan fingerprint density at radius 1 is 1.42 bits per heavy atom. The van der Waals surface area contributed by atoms with Gasteiger partial charge >= 0.3 is 0 Å². The zero-order valence-electron chi connectivity index (χ0n) is 11.4. The highest BCUT2D eigenvalue weighted by Gasteiger charge is 2.34. The first-order chi connectivity index (χ1) is 9.26. The molecule has 0 spiro atoms. The SMILES string of the molecule is COc1ccc(Br)cc1CN1C[C@@H]2CCCN[C@@H]2C1. The Labute approximate surface area is 123 Å². The van der Waals surface area contributed by atoms with Crippen LogP contribution in [0.5, 0.6) is 5.75 Å². The number of hydrogen-bond donors (Lipinski definition) is 1. The van der Waals surface area contributed by atoms with Crippen molar-refractivity contribution in [2.45, 2.75) is 25.4 Å². The van der Waals surface area contributed by atoms with Crippen molar-refractivity contribution in [3.8, 4) is 5.75 Å². The van der Waals surface area contributed by atoms with Gasteiger partial charge in [-0.05, 0) is 43.5 Å². The fourth-order valence-corrected chi connectivity index (χ4v) is 3.79. The number of nitrogens with zero attached hydrogens (tertiary/aromatic N) is 1. The second kappa shape index (κ2) is 5.81. The lowest BCUT2D eigenvalue weighted by atomic mass is 9.94. The highest BCUT2D eigenvalue weighted by molar-refractivity contribution is 9.10. The molecule has 2 saturated heterocycles. The first-order valence-corrected chi connectivity index (χ1v) is 7.83. The minimum absolute atomic E-state index is 0.701. The average molecular weight is 325 g/mol. The highest BCUT2D eigenvalue weighted by atomic mass is 79.9. The lowest BCUT2D eigenvalue weighted by Crippen LogP contribution is -2.40. The van der Waals surface area contributed by atoms with Gasteiger partial charge in [0.2, 0.25) is 0 Å². The molecule has 3 rings (SSSR count). The summed E-state index contributed by atoms with van der Waals surface area (Å²) in [5, 5.41) is 3.65. The molecule has 3 nitrogen and oxygen atoms in total. The average Bonchev–Trinajstić information content (AvgIpc) is 2.81. The van der Waals surface area contributed by atoms with Gasteiger partial charge in [-0.15, -0.1) is 0 Å². The van der Waals surface area contributed by atoms with Crippen LogP contribution in [0.3, 0.4) is 0 Å². The van der Waals surface area contributed by atoms with Crippen molar-refractivity contribution in [3.05, 3.63) is 28.2 Å². The zero-order chi connectivity index (χ0) is 13.2. The van der Waals surface area contributed by atoms with Gasteiger partial charge in [0, 0.05) is 35.7 Å². The number of piperidine rings is 1. The second-order valence-corrected chi connectivity index (χ2v) is 6.53. The van der Waals surface area contributed by atoms with Crippen LogP contribution >= 0.6 is 15.9 Å². The molecule has 104 valence electrons. The van der Waals surface area contributed by atoms with Crippen molar-refractivity contribution < 1.29 is 4.74 Å². The van der Waals surface area contributed by atoms with Crippen molar-refractivity contribution >= 4 is 15.9 Å². The monoisotopic (exact) mass is 324 g/mol. The van der Waals surface area contributed by atoms with Crippen molar-refractivity contribution in [2.75, 3.05) is 26.7 Å². The maximum absolute atomic E-state index is 5.47. The van der Waals surface area contributed by atoms with Crippen LogP contribution in [-0.4, -0.2) is 37.7 Å². The van der Waals surface area contributed by atoms with E-state index in [9.17, 15) is 0 Å². The molecule has 19 heavy (non-hydrogen) atoms. The van der Waals surface area contributed by atoms with E-state index in [2.05, 4.69) is 32.2 Å². The van der Waals surface area contributed by atoms with E-state index in [0.717, 1.165) is 22.7 Å². The summed E-state index contributed by atoms with van der Waals surface area (Å²) >= 11 is 3.55. The quantitative estimate of drug-likeness (QED) is 0.925. The molecule has 1 N–H and O–H groups in total. The molecule has 0 aliphatic carbocycles. The molecule has 2 heterocycles. The summed E-state index contributed by atoms with van der Waals surface area (Å²) in [6.07, 6.45) is 2.71. The van der Waals surface area contributed by atoms with E-state index < -0.39 is 0 Å². The van der Waals surface area contributed by atoms with Crippen molar-refractivity contribution in [3.63, 3.8) is 0 Å². The number of methoxy groups -OCH3 is 1. The van der Waals surface area contributed by atoms with Crippen LogP contribution in [0.4, 0.5) is 0 Å². The van der Waals surface area contributed by atoms with Gasteiger partial charge < -0.3 is 10.1 Å². The number of rotatable bonds is 3. The Morgan fingerprint density at radius 3 is 3.11 bits per heavy atom. The van der Waals surface area contributed by atoms with Gasteiger partial charge in [-0.25, -0.2) is 0 Å². The van der Waals surface area contributed by atoms with Gasteiger partial charge in [-0.2, -0.15) is 0 Å². The van der Waals surface area contributed by atoms with Gasteiger partial charge in [0.15, 0.2) is 0 Å². The van der Waals surface area contributed by atoms with Crippen LogP contribution in [0.1, 0.15) is 18.4 Å². The van der Waals surface area contributed by atoms with Gasteiger partial charge in [0.25, 0.3) is 0 Å². The molecule has 0 unspecified atom stereocenters. The number of ether oxygens (including phenoxy) is 1. The molecule has 1 aromatic carbocycles. The predicted molar refractivity (Wildman–Crippen MR) is 80.5 cm³/mol. The topological polar surface area (TPSA) is 24.5 Å². The summed E-state index contributed by atoms with van der Waals surface area (Å²) < 4.78 is 6.59. The van der Waals surface area contributed by atoms with E-state index in [4.69, 9.17) is 4.74 Å². The van der Waals surface area contributed by atoms with E-state index in [-0.39, 0.29) is 0 Å². The maximum Gasteiger partial charge on any atom is 0.123 e. The molecule has 0 amide bonds. The maximum atomic E-state index is 5.47. The van der Waals surface area contributed by atoms with Gasteiger partial charge in [-0.1, -0.05) is 15.9 Å². The number of fused-ring (bicyclic) bond motifs is 1. The number of benzene rings is 1. The molecular formula is C15H21BrN2O. The van der Waals surface area contributed by atoms with Gasteiger partial charge in [-0.3, -0.25) is 4.90 Å². The first kappa shape index (κ1) is 13.4. The summed E-state index contributed by atoms with van der Waals surface area (Å²) in [5.74, 6) is 1.83. The molecule has 0 saturated carbocycles. The van der Waals surface area contributed by atoms with E-state index in [1.165, 1.54) is 38.0 Å². The fourth-order valence-electron chi connectivity index (χ4n) is 3.38. The molecule has 2 atom stereocenters. The second-order valence-electron chi connectivity index (χ2n) is 5.61. The third-order valence-corrected chi connectivity index (χ3v) is 4.80.